The Labute approximate surface area is 177 Å². The molecule has 0 spiro atoms. The Morgan fingerprint density at radius 1 is 0.967 bits per heavy atom. The van der Waals surface area contributed by atoms with Crippen molar-refractivity contribution >= 4 is 23.4 Å². The molecule has 0 saturated heterocycles. The number of benzene rings is 2. The maximum atomic E-state index is 13.8. The highest BCUT2D eigenvalue weighted by atomic mass is 19.1. The average molecular weight is 416 g/mol. The van der Waals surface area contributed by atoms with E-state index in [1.165, 1.54) is 12.1 Å². The van der Waals surface area contributed by atoms with Gasteiger partial charge < -0.3 is 10.1 Å². The number of halogens is 1. The number of carbonyl (C=O) groups is 2. The Kier molecular flexibility index (Phi) is 7.94. The molecule has 162 valence electrons. The van der Waals surface area contributed by atoms with Crippen LogP contribution in [-0.4, -0.2) is 35.6 Å². The van der Waals surface area contributed by atoms with Gasteiger partial charge in [0.2, 0.25) is 0 Å². The summed E-state index contributed by atoms with van der Waals surface area (Å²) < 4.78 is 19.0. The molecule has 7 heteroatoms. The highest BCUT2D eigenvalue weighted by Gasteiger charge is 2.18. The summed E-state index contributed by atoms with van der Waals surface area (Å²) in [5.74, 6) is -0.933. The molecule has 0 fully saturated rings. The van der Waals surface area contributed by atoms with Crippen molar-refractivity contribution in [3.63, 3.8) is 0 Å². The molecule has 0 saturated carbocycles. The summed E-state index contributed by atoms with van der Waals surface area (Å²) in [5.41, 5.74) is 1.26. The number of carbonyl (C=O) groups excluding carboxylic acids is 2. The zero-order chi connectivity index (χ0) is 22.3. The summed E-state index contributed by atoms with van der Waals surface area (Å²) >= 11 is 0. The Hall–Kier alpha value is -2.93. The fourth-order valence-corrected chi connectivity index (χ4v) is 2.80. The van der Waals surface area contributed by atoms with Crippen molar-refractivity contribution in [2.45, 2.75) is 46.8 Å². The topological polar surface area (TPSA) is 70.7 Å². The fourth-order valence-electron chi connectivity index (χ4n) is 2.80. The first-order valence-corrected chi connectivity index (χ1v) is 10.0. The quantitative estimate of drug-likeness (QED) is 0.647. The SMILES string of the molecule is CCN(CC)Cc1ccc(C(=O)Nc2cc(F)ccc2NC(=O)OC(C)(C)C)cc1. The predicted molar refractivity (Wildman–Crippen MR) is 117 cm³/mol. The molecule has 2 amide bonds. The molecule has 0 radical (unpaired) electrons. The van der Waals surface area contributed by atoms with Gasteiger partial charge >= 0.3 is 6.09 Å². The molecule has 0 atom stereocenters. The minimum Gasteiger partial charge on any atom is -0.444 e. The molecule has 0 heterocycles. The Morgan fingerprint density at radius 3 is 2.17 bits per heavy atom. The number of nitrogens with zero attached hydrogens (tertiary/aromatic N) is 1. The van der Waals surface area contributed by atoms with Crippen LogP contribution in [0, 0.1) is 5.82 Å². The maximum Gasteiger partial charge on any atom is 0.412 e. The van der Waals surface area contributed by atoms with Crippen LogP contribution >= 0.6 is 0 Å². The van der Waals surface area contributed by atoms with E-state index in [2.05, 4.69) is 29.4 Å². The lowest BCUT2D eigenvalue weighted by Crippen LogP contribution is -2.27. The standard InChI is InChI=1S/C23H30FN3O3/c1-6-27(7-2)15-16-8-10-17(11-9-16)21(28)25-20-14-18(24)12-13-19(20)26-22(29)30-23(3,4)5/h8-14H,6-7,15H2,1-5H3,(H,25,28)(H,26,29). The smallest absolute Gasteiger partial charge is 0.412 e. The Morgan fingerprint density at radius 2 is 1.60 bits per heavy atom. The molecule has 0 aliphatic heterocycles. The van der Waals surface area contributed by atoms with E-state index < -0.39 is 23.4 Å². The maximum absolute atomic E-state index is 13.8. The molecular formula is C23H30FN3O3. The summed E-state index contributed by atoms with van der Waals surface area (Å²) in [6.45, 7) is 12.1. The monoisotopic (exact) mass is 415 g/mol. The van der Waals surface area contributed by atoms with Gasteiger partial charge in [0, 0.05) is 12.1 Å². The first kappa shape index (κ1) is 23.3. The summed E-state index contributed by atoms with van der Waals surface area (Å²) in [4.78, 5) is 27.0. The second kappa shape index (κ2) is 10.2. The van der Waals surface area contributed by atoms with Crippen molar-refractivity contribution in [3.05, 3.63) is 59.4 Å². The number of hydrogen-bond donors (Lipinski definition) is 2. The summed E-state index contributed by atoms with van der Waals surface area (Å²) in [7, 11) is 0. The van der Waals surface area contributed by atoms with Crippen molar-refractivity contribution in [2.75, 3.05) is 23.7 Å². The second-order valence-corrected chi connectivity index (χ2v) is 7.93. The van der Waals surface area contributed by atoms with Gasteiger partial charge in [-0.2, -0.15) is 0 Å². The van der Waals surface area contributed by atoms with Crippen LogP contribution in [0.1, 0.15) is 50.5 Å². The van der Waals surface area contributed by atoms with Gasteiger partial charge in [-0.15, -0.1) is 0 Å². The molecule has 0 aliphatic rings. The normalized spacial score (nSPS) is 11.3. The number of ether oxygens (including phenoxy) is 1. The van der Waals surface area contributed by atoms with E-state index in [0.29, 0.717) is 5.56 Å². The fraction of sp³-hybridized carbons (Fsp3) is 0.391. The lowest BCUT2D eigenvalue weighted by molar-refractivity contribution is 0.0635. The third-order valence-corrected chi connectivity index (χ3v) is 4.38. The molecule has 6 nitrogen and oxygen atoms in total. The predicted octanol–water partition coefficient (Wildman–Crippen LogP) is 5.27. The van der Waals surface area contributed by atoms with Crippen molar-refractivity contribution in [3.8, 4) is 0 Å². The van der Waals surface area contributed by atoms with E-state index in [0.717, 1.165) is 31.3 Å². The van der Waals surface area contributed by atoms with Crippen molar-refractivity contribution in [2.24, 2.45) is 0 Å². The highest BCUT2D eigenvalue weighted by Crippen LogP contribution is 2.24. The minimum absolute atomic E-state index is 0.151. The number of rotatable bonds is 7. The van der Waals surface area contributed by atoms with E-state index in [-0.39, 0.29) is 11.4 Å². The van der Waals surface area contributed by atoms with Crippen LogP contribution in [0.5, 0.6) is 0 Å². The van der Waals surface area contributed by atoms with Gasteiger partial charge in [0.05, 0.1) is 11.4 Å². The molecule has 2 aromatic carbocycles. The molecule has 0 unspecified atom stereocenters. The van der Waals surface area contributed by atoms with Crippen LogP contribution in [0.25, 0.3) is 0 Å². The third-order valence-electron chi connectivity index (χ3n) is 4.38. The van der Waals surface area contributed by atoms with Gasteiger partial charge in [0.25, 0.3) is 5.91 Å². The van der Waals surface area contributed by atoms with Crippen LogP contribution in [0.2, 0.25) is 0 Å². The molecular weight excluding hydrogens is 385 g/mol. The molecule has 2 N–H and O–H groups in total. The van der Waals surface area contributed by atoms with Crippen molar-refractivity contribution in [1.29, 1.82) is 0 Å². The zero-order valence-corrected chi connectivity index (χ0v) is 18.2. The van der Waals surface area contributed by atoms with Gasteiger partial charge in [-0.3, -0.25) is 15.0 Å². The molecule has 0 aliphatic carbocycles. The number of anilines is 2. The van der Waals surface area contributed by atoms with E-state index in [1.807, 2.05) is 12.1 Å². The van der Waals surface area contributed by atoms with E-state index in [1.54, 1.807) is 32.9 Å². The number of hydrogen-bond acceptors (Lipinski definition) is 4. The van der Waals surface area contributed by atoms with Crippen LogP contribution in [0.3, 0.4) is 0 Å². The van der Waals surface area contributed by atoms with Crippen LogP contribution in [0.15, 0.2) is 42.5 Å². The Bertz CT molecular complexity index is 872. The average Bonchev–Trinajstić information content (AvgIpc) is 2.67. The third kappa shape index (κ3) is 7.15. The van der Waals surface area contributed by atoms with E-state index >= 15 is 0 Å². The summed E-state index contributed by atoms with van der Waals surface area (Å²) in [5, 5.41) is 5.21. The lowest BCUT2D eigenvalue weighted by atomic mass is 10.1. The summed E-state index contributed by atoms with van der Waals surface area (Å²) in [6, 6.07) is 11.0. The molecule has 30 heavy (non-hydrogen) atoms. The molecule has 2 aromatic rings. The first-order valence-electron chi connectivity index (χ1n) is 10.0. The van der Waals surface area contributed by atoms with Crippen LogP contribution < -0.4 is 10.6 Å². The molecule has 0 aromatic heterocycles. The van der Waals surface area contributed by atoms with Crippen molar-refractivity contribution < 1.29 is 18.7 Å². The number of amides is 2. The second-order valence-electron chi connectivity index (χ2n) is 7.93. The van der Waals surface area contributed by atoms with Crippen molar-refractivity contribution in [1.82, 2.24) is 4.90 Å². The first-order chi connectivity index (χ1) is 14.1. The number of nitrogens with one attached hydrogen (secondary N) is 2. The molecule has 0 bridgehead atoms. The van der Waals surface area contributed by atoms with E-state index in [9.17, 15) is 14.0 Å². The van der Waals surface area contributed by atoms with Gasteiger partial charge in [-0.05, 0) is 69.8 Å². The van der Waals surface area contributed by atoms with Gasteiger partial charge in [0.15, 0.2) is 0 Å². The molecule has 2 rings (SSSR count). The van der Waals surface area contributed by atoms with Crippen LogP contribution in [-0.2, 0) is 11.3 Å². The summed E-state index contributed by atoms with van der Waals surface area (Å²) in [6.07, 6.45) is -0.689. The van der Waals surface area contributed by atoms with Crippen LogP contribution in [0.4, 0.5) is 20.6 Å². The Balaban J connectivity index is 2.12. The largest absolute Gasteiger partial charge is 0.444 e. The van der Waals surface area contributed by atoms with Gasteiger partial charge in [-0.1, -0.05) is 26.0 Å². The highest BCUT2D eigenvalue weighted by molar-refractivity contribution is 6.06. The minimum atomic E-state index is -0.689. The lowest BCUT2D eigenvalue weighted by Gasteiger charge is -2.20. The van der Waals surface area contributed by atoms with Gasteiger partial charge in [-0.25, -0.2) is 9.18 Å². The van der Waals surface area contributed by atoms with Gasteiger partial charge in [0.1, 0.15) is 11.4 Å². The zero-order valence-electron chi connectivity index (χ0n) is 18.2. The van der Waals surface area contributed by atoms with E-state index in [4.69, 9.17) is 4.74 Å².